The number of hydrogen-bond acceptors (Lipinski definition) is 3. The molecule has 102 valence electrons. The molecule has 1 aromatic heterocycles. The molecule has 0 aliphatic heterocycles. The minimum atomic E-state index is 0.846. The molecular formula is C14H26N4. The van der Waals surface area contributed by atoms with Crippen LogP contribution in [0.1, 0.15) is 57.6 Å². The van der Waals surface area contributed by atoms with E-state index in [-0.39, 0.29) is 0 Å². The van der Waals surface area contributed by atoms with Crippen LogP contribution in [0.5, 0.6) is 0 Å². The topological polar surface area (TPSA) is 42.7 Å². The first-order valence-corrected chi connectivity index (χ1v) is 7.49. The Morgan fingerprint density at radius 3 is 2.67 bits per heavy atom. The zero-order valence-corrected chi connectivity index (χ0v) is 11.8. The van der Waals surface area contributed by atoms with Crippen molar-refractivity contribution in [1.82, 2.24) is 20.1 Å². The lowest BCUT2D eigenvalue weighted by Gasteiger charge is -2.05. The predicted molar refractivity (Wildman–Crippen MR) is 73.7 cm³/mol. The first-order chi connectivity index (χ1) is 8.83. The molecule has 0 amide bonds. The van der Waals surface area contributed by atoms with Gasteiger partial charge in [0.05, 0.1) is 0 Å². The van der Waals surface area contributed by atoms with Crippen LogP contribution in [-0.2, 0) is 19.4 Å². The zero-order chi connectivity index (χ0) is 12.8. The monoisotopic (exact) mass is 250 g/mol. The third-order valence-electron chi connectivity index (χ3n) is 3.48. The van der Waals surface area contributed by atoms with E-state index >= 15 is 0 Å². The molecule has 0 unspecified atom stereocenters. The molecular weight excluding hydrogens is 224 g/mol. The summed E-state index contributed by atoms with van der Waals surface area (Å²) < 4.78 is 2.10. The Bertz CT molecular complexity index is 355. The van der Waals surface area contributed by atoms with E-state index in [2.05, 4.69) is 33.9 Å². The molecule has 0 aromatic carbocycles. The number of hydrogen-bond donors (Lipinski definition) is 1. The highest BCUT2D eigenvalue weighted by Crippen LogP contribution is 2.18. The maximum absolute atomic E-state index is 4.55. The van der Waals surface area contributed by atoms with Crippen molar-refractivity contribution in [2.24, 2.45) is 0 Å². The van der Waals surface area contributed by atoms with Crippen molar-refractivity contribution in [3.05, 3.63) is 11.6 Å². The normalized spacial score (nSPS) is 15.2. The number of nitrogens with zero attached hydrogens (tertiary/aromatic N) is 3. The number of nitrogens with one attached hydrogen (secondary N) is 1. The van der Waals surface area contributed by atoms with Crippen molar-refractivity contribution in [2.75, 3.05) is 6.54 Å². The second kappa shape index (κ2) is 6.88. The highest BCUT2D eigenvalue weighted by atomic mass is 15.3. The lowest BCUT2D eigenvalue weighted by Crippen LogP contribution is -2.17. The van der Waals surface area contributed by atoms with E-state index in [0.29, 0.717) is 0 Å². The van der Waals surface area contributed by atoms with Gasteiger partial charge in [0.15, 0.2) is 5.82 Å². The number of rotatable bonds is 9. The number of aryl methyl sites for hydroxylation is 3. The molecule has 1 aliphatic carbocycles. The molecule has 1 saturated carbocycles. The molecule has 1 N–H and O–H groups in total. The Labute approximate surface area is 110 Å². The van der Waals surface area contributed by atoms with Gasteiger partial charge in [-0.2, -0.15) is 5.10 Å². The first-order valence-electron chi connectivity index (χ1n) is 7.49. The quantitative estimate of drug-likeness (QED) is 0.684. The Balaban J connectivity index is 1.63. The van der Waals surface area contributed by atoms with Crippen molar-refractivity contribution >= 4 is 0 Å². The summed E-state index contributed by atoms with van der Waals surface area (Å²) in [6.45, 7) is 6.48. The third kappa shape index (κ3) is 4.09. The van der Waals surface area contributed by atoms with Crippen molar-refractivity contribution in [3.8, 4) is 0 Å². The van der Waals surface area contributed by atoms with Crippen LogP contribution < -0.4 is 5.32 Å². The molecule has 1 heterocycles. The van der Waals surface area contributed by atoms with Crippen LogP contribution in [0.3, 0.4) is 0 Å². The van der Waals surface area contributed by atoms with Crippen LogP contribution >= 0.6 is 0 Å². The van der Waals surface area contributed by atoms with Crippen molar-refractivity contribution in [2.45, 2.75) is 71.4 Å². The van der Waals surface area contributed by atoms with Crippen LogP contribution in [0.15, 0.2) is 0 Å². The molecule has 1 aromatic rings. The van der Waals surface area contributed by atoms with Crippen molar-refractivity contribution < 1.29 is 0 Å². The minimum absolute atomic E-state index is 0.846. The molecule has 0 radical (unpaired) electrons. The van der Waals surface area contributed by atoms with Gasteiger partial charge in [0, 0.05) is 25.4 Å². The minimum Gasteiger partial charge on any atom is -0.314 e. The van der Waals surface area contributed by atoms with Gasteiger partial charge in [-0.15, -0.1) is 0 Å². The average molecular weight is 250 g/mol. The summed E-state index contributed by atoms with van der Waals surface area (Å²) in [6, 6.07) is 0.846. The van der Waals surface area contributed by atoms with Gasteiger partial charge in [0.25, 0.3) is 0 Å². The number of aromatic nitrogens is 3. The Morgan fingerprint density at radius 1 is 1.17 bits per heavy atom. The Morgan fingerprint density at radius 2 is 2.00 bits per heavy atom. The maximum atomic E-state index is 4.55. The summed E-state index contributed by atoms with van der Waals surface area (Å²) >= 11 is 0. The molecule has 0 spiro atoms. The van der Waals surface area contributed by atoms with Crippen LogP contribution in [0.4, 0.5) is 0 Å². The summed E-state index contributed by atoms with van der Waals surface area (Å²) in [6.07, 6.45) is 8.47. The van der Waals surface area contributed by atoms with E-state index in [1.807, 2.05) is 0 Å². The van der Waals surface area contributed by atoms with E-state index in [1.54, 1.807) is 0 Å². The molecule has 1 aliphatic rings. The van der Waals surface area contributed by atoms with E-state index in [0.717, 1.165) is 37.1 Å². The number of unbranched alkanes of at least 4 members (excludes halogenated alkanes) is 2. The van der Waals surface area contributed by atoms with Crippen LogP contribution in [0.25, 0.3) is 0 Å². The SMILES string of the molecule is CCc1nc(CC)n(CCCCCNC2CC2)n1. The Hall–Kier alpha value is -0.900. The first kappa shape index (κ1) is 13.5. The highest BCUT2D eigenvalue weighted by molar-refractivity contribution is 4.92. The predicted octanol–water partition coefficient (Wildman–Crippen LogP) is 2.33. The third-order valence-corrected chi connectivity index (χ3v) is 3.48. The summed E-state index contributed by atoms with van der Waals surface area (Å²) in [7, 11) is 0. The fraction of sp³-hybridized carbons (Fsp3) is 0.857. The van der Waals surface area contributed by atoms with Gasteiger partial charge in [-0.25, -0.2) is 9.67 Å². The van der Waals surface area contributed by atoms with Gasteiger partial charge in [0.2, 0.25) is 0 Å². The molecule has 4 heteroatoms. The molecule has 0 saturated heterocycles. The second-order valence-electron chi connectivity index (χ2n) is 5.16. The van der Waals surface area contributed by atoms with Gasteiger partial charge >= 0.3 is 0 Å². The zero-order valence-electron chi connectivity index (χ0n) is 11.8. The summed E-state index contributed by atoms with van der Waals surface area (Å²) in [5.41, 5.74) is 0. The summed E-state index contributed by atoms with van der Waals surface area (Å²) in [5.74, 6) is 2.13. The van der Waals surface area contributed by atoms with Crippen LogP contribution in [0.2, 0.25) is 0 Å². The molecule has 18 heavy (non-hydrogen) atoms. The summed E-state index contributed by atoms with van der Waals surface area (Å²) in [4.78, 5) is 4.53. The molecule has 4 nitrogen and oxygen atoms in total. The van der Waals surface area contributed by atoms with E-state index in [1.165, 1.54) is 38.6 Å². The fourth-order valence-corrected chi connectivity index (χ4v) is 2.17. The second-order valence-corrected chi connectivity index (χ2v) is 5.16. The standard InChI is InChI=1S/C14H26N4/c1-3-13-16-14(4-2)18(17-13)11-7-5-6-10-15-12-8-9-12/h12,15H,3-11H2,1-2H3. The van der Waals surface area contributed by atoms with Gasteiger partial charge < -0.3 is 5.32 Å². The highest BCUT2D eigenvalue weighted by Gasteiger charge is 2.19. The summed E-state index contributed by atoms with van der Waals surface area (Å²) in [5, 5.41) is 8.10. The van der Waals surface area contributed by atoms with Gasteiger partial charge in [-0.3, -0.25) is 0 Å². The van der Waals surface area contributed by atoms with Gasteiger partial charge in [0.1, 0.15) is 5.82 Å². The Kier molecular flexibility index (Phi) is 5.17. The molecule has 1 fully saturated rings. The average Bonchev–Trinajstić information content (AvgIpc) is 3.12. The lowest BCUT2D eigenvalue weighted by molar-refractivity contribution is 0.512. The van der Waals surface area contributed by atoms with E-state index in [9.17, 15) is 0 Å². The van der Waals surface area contributed by atoms with Gasteiger partial charge in [-0.05, 0) is 32.2 Å². The molecule has 0 atom stereocenters. The maximum Gasteiger partial charge on any atom is 0.150 e. The fourth-order valence-electron chi connectivity index (χ4n) is 2.17. The largest absolute Gasteiger partial charge is 0.314 e. The van der Waals surface area contributed by atoms with Crippen molar-refractivity contribution in [1.29, 1.82) is 0 Å². The van der Waals surface area contributed by atoms with E-state index < -0.39 is 0 Å². The molecule has 2 rings (SSSR count). The van der Waals surface area contributed by atoms with Crippen molar-refractivity contribution in [3.63, 3.8) is 0 Å². The lowest BCUT2D eigenvalue weighted by atomic mass is 10.2. The smallest absolute Gasteiger partial charge is 0.150 e. The van der Waals surface area contributed by atoms with Gasteiger partial charge in [-0.1, -0.05) is 20.3 Å². The van der Waals surface area contributed by atoms with Crippen LogP contribution in [0, 0.1) is 0 Å². The van der Waals surface area contributed by atoms with Crippen LogP contribution in [-0.4, -0.2) is 27.4 Å². The molecule has 0 bridgehead atoms. The van der Waals surface area contributed by atoms with E-state index in [4.69, 9.17) is 0 Å².